The van der Waals surface area contributed by atoms with Crippen LogP contribution in [0.3, 0.4) is 0 Å². The highest BCUT2D eigenvalue weighted by Gasteiger charge is 2.26. The van der Waals surface area contributed by atoms with Crippen LogP contribution in [-0.2, 0) is 9.63 Å². The van der Waals surface area contributed by atoms with Crippen molar-refractivity contribution in [2.45, 2.75) is 12.5 Å². The van der Waals surface area contributed by atoms with Crippen molar-refractivity contribution >= 4 is 22.4 Å². The van der Waals surface area contributed by atoms with Crippen LogP contribution in [0.5, 0.6) is 5.75 Å². The number of oxime groups is 1. The smallest absolute Gasteiger partial charge is 0.261 e. The molecular weight excluding hydrogens is 256 g/mol. The van der Waals surface area contributed by atoms with Gasteiger partial charge in [-0.3, -0.25) is 4.79 Å². The zero-order valence-electron chi connectivity index (χ0n) is 10.8. The molecule has 2 N–H and O–H groups in total. The number of nitrogens with zero attached hydrogens (tertiary/aromatic N) is 1. The molecule has 2 aromatic rings. The molecule has 1 aliphatic rings. The topological polar surface area (TPSA) is 73.9 Å². The molecule has 0 saturated carbocycles. The molecule has 5 nitrogen and oxygen atoms in total. The lowest BCUT2D eigenvalue weighted by Crippen LogP contribution is -2.29. The third-order valence-electron chi connectivity index (χ3n) is 3.19. The molecule has 0 saturated heterocycles. The second kappa shape index (κ2) is 5.21. The van der Waals surface area contributed by atoms with Crippen LogP contribution in [0.1, 0.15) is 6.42 Å². The van der Waals surface area contributed by atoms with Crippen molar-refractivity contribution in [3.63, 3.8) is 0 Å². The SMILES string of the molecule is NC(=O)C1CC(COc2cccc3ccccc23)=NO1. The van der Waals surface area contributed by atoms with E-state index in [0.29, 0.717) is 12.1 Å². The van der Waals surface area contributed by atoms with Gasteiger partial charge >= 0.3 is 0 Å². The number of primary amides is 1. The number of nitrogens with two attached hydrogens (primary N) is 1. The molecule has 0 fully saturated rings. The number of hydrogen-bond acceptors (Lipinski definition) is 4. The highest BCUT2D eigenvalue weighted by atomic mass is 16.6. The third kappa shape index (κ3) is 2.42. The van der Waals surface area contributed by atoms with E-state index in [1.54, 1.807) is 0 Å². The molecule has 1 aliphatic heterocycles. The third-order valence-corrected chi connectivity index (χ3v) is 3.19. The highest BCUT2D eigenvalue weighted by molar-refractivity contribution is 5.93. The fourth-order valence-corrected chi connectivity index (χ4v) is 2.15. The van der Waals surface area contributed by atoms with Crippen molar-refractivity contribution in [2.75, 3.05) is 6.61 Å². The van der Waals surface area contributed by atoms with E-state index < -0.39 is 12.0 Å². The van der Waals surface area contributed by atoms with Crippen molar-refractivity contribution in [1.29, 1.82) is 0 Å². The molecule has 1 heterocycles. The van der Waals surface area contributed by atoms with Gasteiger partial charge < -0.3 is 15.3 Å². The molecule has 2 aromatic carbocycles. The van der Waals surface area contributed by atoms with Gasteiger partial charge in [0.2, 0.25) is 6.10 Å². The fraction of sp³-hybridized carbons (Fsp3) is 0.200. The largest absolute Gasteiger partial charge is 0.487 e. The maximum absolute atomic E-state index is 11.0. The lowest BCUT2D eigenvalue weighted by Gasteiger charge is -2.08. The quantitative estimate of drug-likeness (QED) is 0.921. The summed E-state index contributed by atoms with van der Waals surface area (Å²) in [5.74, 6) is 0.280. The van der Waals surface area contributed by atoms with Crippen molar-refractivity contribution in [3.8, 4) is 5.75 Å². The number of carbonyl (C=O) groups excluding carboxylic acids is 1. The number of amides is 1. The van der Waals surface area contributed by atoms with Crippen LogP contribution in [0.15, 0.2) is 47.6 Å². The van der Waals surface area contributed by atoms with Crippen LogP contribution >= 0.6 is 0 Å². The lowest BCUT2D eigenvalue weighted by atomic mass is 10.1. The minimum absolute atomic E-state index is 0.289. The van der Waals surface area contributed by atoms with Gasteiger partial charge in [0.1, 0.15) is 12.4 Å². The van der Waals surface area contributed by atoms with Gasteiger partial charge in [0.25, 0.3) is 5.91 Å². The van der Waals surface area contributed by atoms with Crippen molar-refractivity contribution in [2.24, 2.45) is 10.9 Å². The molecule has 1 unspecified atom stereocenters. The highest BCUT2D eigenvalue weighted by Crippen LogP contribution is 2.25. The number of ether oxygens (including phenoxy) is 1. The summed E-state index contributed by atoms with van der Waals surface area (Å²) < 4.78 is 5.77. The van der Waals surface area contributed by atoms with Crippen LogP contribution in [-0.4, -0.2) is 24.3 Å². The Labute approximate surface area is 116 Å². The summed E-state index contributed by atoms with van der Waals surface area (Å²) in [6.45, 7) is 0.289. The summed E-state index contributed by atoms with van der Waals surface area (Å²) in [5.41, 5.74) is 5.85. The van der Waals surface area contributed by atoms with Crippen LogP contribution in [0.25, 0.3) is 10.8 Å². The molecule has 3 rings (SSSR count). The predicted molar refractivity (Wildman–Crippen MR) is 75.6 cm³/mol. The summed E-state index contributed by atoms with van der Waals surface area (Å²) in [4.78, 5) is 15.9. The van der Waals surface area contributed by atoms with Crippen LogP contribution in [0.2, 0.25) is 0 Å². The van der Waals surface area contributed by atoms with E-state index in [2.05, 4.69) is 5.16 Å². The van der Waals surface area contributed by atoms with Crippen LogP contribution in [0, 0.1) is 0 Å². The summed E-state index contributed by atoms with van der Waals surface area (Å²) in [6.07, 6.45) is -0.277. The average Bonchev–Trinajstić information content (AvgIpc) is 2.94. The molecular formula is C15H14N2O3. The molecule has 0 aromatic heterocycles. The number of hydrogen-bond donors (Lipinski definition) is 1. The minimum atomic E-state index is -0.666. The normalized spacial score (nSPS) is 17.6. The Hall–Kier alpha value is -2.56. The Morgan fingerprint density at radius 1 is 1.30 bits per heavy atom. The first-order valence-corrected chi connectivity index (χ1v) is 6.35. The van der Waals surface area contributed by atoms with Crippen molar-refractivity contribution in [3.05, 3.63) is 42.5 Å². The van der Waals surface area contributed by atoms with Gasteiger partial charge in [-0.05, 0) is 11.5 Å². The maximum Gasteiger partial charge on any atom is 0.261 e. The Morgan fingerprint density at radius 2 is 2.10 bits per heavy atom. The average molecular weight is 270 g/mol. The van der Waals surface area contributed by atoms with Gasteiger partial charge in [0, 0.05) is 11.8 Å². The second-order valence-corrected chi connectivity index (χ2v) is 4.62. The first kappa shape index (κ1) is 12.5. The molecule has 0 radical (unpaired) electrons. The first-order chi connectivity index (χ1) is 9.74. The zero-order valence-corrected chi connectivity index (χ0v) is 10.8. The molecule has 1 atom stereocenters. The Balaban J connectivity index is 1.71. The van der Waals surface area contributed by atoms with E-state index in [4.69, 9.17) is 15.3 Å². The first-order valence-electron chi connectivity index (χ1n) is 6.35. The Kier molecular flexibility index (Phi) is 3.25. The van der Waals surface area contributed by atoms with Gasteiger partial charge in [-0.1, -0.05) is 41.6 Å². The monoisotopic (exact) mass is 270 g/mol. The molecule has 0 bridgehead atoms. The number of benzene rings is 2. The van der Waals surface area contributed by atoms with Gasteiger partial charge in [-0.25, -0.2) is 0 Å². The molecule has 20 heavy (non-hydrogen) atoms. The maximum atomic E-state index is 11.0. The van der Waals surface area contributed by atoms with E-state index in [1.165, 1.54) is 0 Å². The fourth-order valence-electron chi connectivity index (χ4n) is 2.15. The molecule has 0 aliphatic carbocycles. The molecule has 0 spiro atoms. The van der Waals surface area contributed by atoms with E-state index in [0.717, 1.165) is 16.5 Å². The number of rotatable bonds is 4. The molecule has 1 amide bonds. The van der Waals surface area contributed by atoms with Gasteiger partial charge in [-0.15, -0.1) is 0 Å². The van der Waals surface area contributed by atoms with Crippen molar-refractivity contribution < 1.29 is 14.4 Å². The summed E-state index contributed by atoms with van der Waals surface area (Å²) in [5, 5.41) is 5.98. The van der Waals surface area contributed by atoms with Crippen LogP contribution in [0.4, 0.5) is 0 Å². The van der Waals surface area contributed by atoms with Gasteiger partial charge in [0.05, 0.1) is 5.71 Å². The second-order valence-electron chi connectivity index (χ2n) is 4.62. The van der Waals surface area contributed by atoms with E-state index in [1.807, 2.05) is 42.5 Å². The predicted octanol–water partition coefficient (Wildman–Crippen LogP) is 1.85. The summed E-state index contributed by atoms with van der Waals surface area (Å²) in [6, 6.07) is 13.9. The van der Waals surface area contributed by atoms with Gasteiger partial charge in [0.15, 0.2) is 0 Å². The summed E-state index contributed by atoms with van der Waals surface area (Å²) >= 11 is 0. The Bertz CT molecular complexity index is 676. The van der Waals surface area contributed by atoms with E-state index >= 15 is 0 Å². The Morgan fingerprint density at radius 3 is 2.90 bits per heavy atom. The van der Waals surface area contributed by atoms with E-state index in [-0.39, 0.29) is 6.61 Å². The van der Waals surface area contributed by atoms with Crippen molar-refractivity contribution in [1.82, 2.24) is 0 Å². The molecule has 102 valence electrons. The number of carbonyl (C=O) groups is 1. The minimum Gasteiger partial charge on any atom is -0.487 e. The van der Waals surface area contributed by atoms with Gasteiger partial charge in [-0.2, -0.15) is 0 Å². The van der Waals surface area contributed by atoms with E-state index in [9.17, 15) is 4.79 Å². The number of fused-ring (bicyclic) bond motifs is 1. The van der Waals surface area contributed by atoms with Crippen LogP contribution < -0.4 is 10.5 Å². The zero-order chi connectivity index (χ0) is 13.9. The molecule has 5 heteroatoms. The summed E-state index contributed by atoms with van der Waals surface area (Å²) in [7, 11) is 0. The lowest BCUT2D eigenvalue weighted by molar-refractivity contribution is -0.127. The standard InChI is InChI=1S/C15H14N2O3/c16-15(18)14-8-11(17-20-14)9-19-13-7-3-5-10-4-1-2-6-12(10)13/h1-7,14H,8-9H2,(H2,16,18).